The zero-order valence-corrected chi connectivity index (χ0v) is 10.0. The summed E-state index contributed by atoms with van der Waals surface area (Å²) in [6, 6.07) is 5.34. The predicted octanol–water partition coefficient (Wildman–Crippen LogP) is 2.08. The molecule has 0 bridgehead atoms. The highest BCUT2D eigenvalue weighted by Crippen LogP contribution is 2.26. The average Bonchev–Trinajstić information content (AvgIpc) is 2.26. The van der Waals surface area contributed by atoms with Gasteiger partial charge in [-0.25, -0.2) is 0 Å². The first kappa shape index (κ1) is 12.6. The maximum absolute atomic E-state index is 5.69. The molecule has 1 aromatic carbocycles. The van der Waals surface area contributed by atoms with Gasteiger partial charge in [-0.15, -0.1) is 0 Å². The number of benzene rings is 1. The highest BCUT2D eigenvalue weighted by atomic mass is 16.5. The maximum atomic E-state index is 5.69. The Hall–Kier alpha value is -1.42. The highest BCUT2D eigenvalue weighted by Gasteiger charge is 2.01. The zero-order valence-electron chi connectivity index (χ0n) is 10.0. The number of rotatable bonds is 6. The van der Waals surface area contributed by atoms with Gasteiger partial charge in [0, 0.05) is 6.07 Å². The summed E-state index contributed by atoms with van der Waals surface area (Å²) >= 11 is 0. The molecule has 0 aliphatic rings. The van der Waals surface area contributed by atoms with Crippen molar-refractivity contribution in [2.24, 2.45) is 0 Å². The molecule has 0 amide bonds. The highest BCUT2D eigenvalue weighted by molar-refractivity contribution is 5.55. The number of hydrogen-bond acceptors (Lipinski definition) is 4. The average molecular weight is 225 g/mol. The molecule has 0 fully saturated rings. The minimum absolute atomic E-state index is 0.226. The van der Waals surface area contributed by atoms with E-state index in [2.05, 4.69) is 0 Å². The quantitative estimate of drug-likeness (QED) is 0.595. The van der Waals surface area contributed by atoms with Gasteiger partial charge in [-0.1, -0.05) is 0 Å². The van der Waals surface area contributed by atoms with E-state index >= 15 is 0 Å². The van der Waals surface area contributed by atoms with Gasteiger partial charge >= 0.3 is 0 Å². The molecule has 0 radical (unpaired) electrons. The van der Waals surface area contributed by atoms with Gasteiger partial charge in [0.15, 0.2) is 0 Å². The number of nitrogen functional groups attached to an aromatic ring is 1. The number of nitrogens with two attached hydrogens (primary N) is 1. The number of methoxy groups -OCH3 is 1. The van der Waals surface area contributed by atoms with Crippen LogP contribution in [-0.2, 0) is 4.74 Å². The number of ether oxygens (including phenoxy) is 3. The molecule has 0 aromatic heterocycles. The predicted molar refractivity (Wildman–Crippen MR) is 64.0 cm³/mol. The number of hydrogen-bond donors (Lipinski definition) is 1. The van der Waals surface area contributed by atoms with Crippen molar-refractivity contribution in [1.82, 2.24) is 0 Å². The van der Waals surface area contributed by atoms with E-state index < -0.39 is 0 Å². The van der Waals surface area contributed by atoms with Crippen LogP contribution in [0.4, 0.5) is 5.69 Å². The molecule has 0 aliphatic heterocycles. The Morgan fingerprint density at radius 1 is 1.25 bits per heavy atom. The largest absolute Gasteiger partial charge is 0.494 e. The summed E-state index contributed by atoms with van der Waals surface area (Å²) in [4.78, 5) is 0. The van der Waals surface area contributed by atoms with E-state index in [-0.39, 0.29) is 6.10 Å². The molecular formula is C12H19NO3. The van der Waals surface area contributed by atoms with E-state index in [1.165, 1.54) is 0 Å². The molecule has 1 rings (SSSR count). The van der Waals surface area contributed by atoms with Crippen molar-refractivity contribution in [2.45, 2.75) is 20.0 Å². The Morgan fingerprint density at radius 3 is 2.62 bits per heavy atom. The van der Waals surface area contributed by atoms with Crippen LogP contribution in [0.15, 0.2) is 18.2 Å². The van der Waals surface area contributed by atoms with Crippen molar-refractivity contribution in [3.05, 3.63) is 18.2 Å². The third-order valence-corrected chi connectivity index (χ3v) is 2.01. The SMILES string of the molecule is COc1cc(OCCOC(C)C)ccc1N. The monoisotopic (exact) mass is 225 g/mol. The lowest BCUT2D eigenvalue weighted by molar-refractivity contribution is 0.0552. The summed E-state index contributed by atoms with van der Waals surface area (Å²) in [6.45, 7) is 5.08. The molecule has 0 heterocycles. The van der Waals surface area contributed by atoms with Gasteiger partial charge in [-0.05, 0) is 26.0 Å². The fraction of sp³-hybridized carbons (Fsp3) is 0.500. The van der Waals surface area contributed by atoms with Crippen molar-refractivity contribution in [3.8, 4) is 11.5 Å². The third kappa shape index (κ3) is 3.98. The summed E-state index contributed by atoms with van der Waals surface area (Å²) in [5.74, 6) is 1.36. The molecule has 0 unspecified atom stereocenters. The minimum Gasteiger partial charge on any atom is -0.494 e. The van der Waals surface area contributed by atoms with Crippen LogP contribution >= 0.6 is 0 Å². The summed E-state index contributed by atoms with van der Waals surface area (Å²) in [7, 11) is 1.58. The van der Waals surface area contributed by atoms with Gasteiger partial charge in [-0.2, -0.15) is 0 Å². The van der Waals surface area contributed by atoms with Crippen LogP contribution in [0.25, 0.3) is 0 Å². The summed E-state index contributed by atoms with van der Waals surface area (Å²) in [5, 5.41) is 0. The van der Waals surface area contributed by atoms with E-state index in [1.54, 1.807) is 19.2 Å². The van der Waals surface area contributed by atoms with Crippen LogP contribution in [-0.4, -0.2) is 26.4 Å². The van der Waals surface area contributed by atoms with Crippen molar-refractivity contribution < 1.29 is 14.2 Å². The summed E-state index contributed by atoms with van der Waals surface area (Å²) in [6.07, 6.45) is 0.226. The Balaban J connectivity index is 2.42. The number of anilines is 1. The molecule has 4 nitrogen and oxygen atoms in total. The van der Waals surface area contributed by atoms with Crippen LogP contribution < -0.4 is 15.2 Å². The fourth-order valence-corrected chi connectivity index (χ4v) is 1.22. The zero-order chi connectivity index (χ0) is 12.0. The molecular weight excluding hydrogens is 206 g/mol. The van der Waals surface area contributed by atoms with E-state index in [4.69, 9.17) is 19.9 Å². The molecule has 0 aliphatic carbocycles. The molecule has 0 spiro atoms. The van der Waals surface area contributed by atoms with Crippen molar-refractivity contribution >= 4 is 5.69 Å². The standard InChI is InChI=1S/C12H19NO3/c1-9(2)15-6-7-16-10-4-5-11(13)12(8-10)14-3/h4-5,8-9H,6-7,13H2,1-3H3. The molecule has 0 saturated carbocycles. The van der Waals surface area contributed by atoms with E-state index in [0.717, 1.165) is 5.75 Å². The molecule has 16 heavy (non-hydrogen) atoms. The van der Waals surface area contributed by atoms with Gasteiger partial charge < -0.3 is 19.9 Å². The maximum Gasteiger partial charge on any atom is 0.145 e. The van der Waals surface area contributed by atoms with Crippen LogP contribution in [0, 0.1) is 0 Å². The van der Waals surface area contributed by atoms with Crippen molar-refractivity contribution in [1.29, 1.82) is 0 Å². The Kier molecular flexibility index (Phi) is 4.92. The lowest BCUT2D eigenvalue weighted by Gasteiger charge is -2.11. The molecule has 0 saturated heterocycles. The summed E-state index contributed by atoms with van der Waals surface area (Å²) < 4.78 is 16.0. The van der Waals surface area contributed by atoms with Crippen LogP contribution in [0.5, 0.6) is 11.5 Å². The molecule has 0 atom stereocenters. The van der Waals surface area contributed by atoms with Gasteiger partial charge in [0.25, 0.3) is 0 Å². The van der Waals surface area contributed by atoms with Crippen molar-refractivity contribution in [3.63, 3.8) is 0 Å². The third-order valence-electron chi connectivity index (χ3n) is 2.01. The van der Waals surface area contributed by atoms with Crippen molar-refractivity contribution in [2.75, 3.05) is 26.1 Å². The van der Waals surface area contributed by atoms with Crippen LogP contribution in [0.3, 0.4) is 0 Å². The van der Waals surface area contributed by atoms with Gasteiger partial charge in [0.05, 0.1) is 25.5 Å². The van der Waals surface area contributed by atoms with E-state index in [0.29, 0.717) is 24.7 Å². The van der Waals surface area contributed by atoms with Crippen LogP contribution in [0.2, 0.25) is 0 Å². The van der Waals surface area contributed by atoms with Gasteiger partial charge in [-0.3, -0.25) is 0 Å². The topological polar surface area (TPSA) is 53.7 Å². The Labute approximate surface area is 96.3 Å². The first-order valence-corrected chi connectivity index (χ1v) is 5.31. The minimum atomic E-state index is 0.226. The Bertz CT molecular complexity index is 326. The van der Waals surface area contributed by atoms with E-state index in [9.17, 15) is 0 Å². The second-order valence-electron chi connectivity index (χ2n) is 3.67. The van der Waals surface area contributed by atoms with Gasteiger partial charge in [0.2, 0.25) is 0 Å². The smallest absolute Gasteiger partial charge is 0.145 e. The fourth-order valence-electron chi connectivity index (χ4n) is 1.22. The Morgan fingerprint density at radius 2 is 2.00 bits per heavy atom. The van der Waals surface area contributed by atoms with E-state index in [1.807, 2.05) is 19.9 Å². The van der Waals surface area contributed by atoms with Crippen LogP contribution in [0.1, 0.15) is 13.8 Å². The van der Waals surface area contributed by atoms with Gasteiger partial charge in [0.1, 0.15) is 18.1 Å². The normalized spacial score (nSPS) is 10.5. The second-order valence-corrected chi connectivity index (χ2v) is 3.67. The second kappa shape index (κ2) is 6.23. The molecule has 4 heteroatoms. The lowest BCUT2D eigenvalue weighted by atomic mass is 10.3. The summed E-state index contributed by atoms with van der Waals surface area (Å²) in [5.41, 5.74) is 6.29. The first-order valence-electron chi connectivity index (χ1n) is 5.31. The molecule has 90 valence electrons. The molecule has 2 N–H and O–H groups in total. The molecule has 1 aromatic rings. The lowest BCUT2D eigenvalue weighted by Crippen LogP contribution is -2.11. The first-order chi connectivity index (χ1) is 7.63.